The molecule has 3 rings (SSSR count). The molecule has 1 heterocycles. The molecular weight excluding hydrogens is 258 g/mol. The highest BCUT2D eigenvalue weighted by Crippen LogP contribution is 2.36. The van der Waals surface area contributed by atoms with Crippen molar-refractivity contribution >= 4 is 5.69 Å². The van der Waals surface area contributed by atoms with Crippen molar-refractivity contribution in [1.82, 2.24) is 0 Å². The number of para-hydroxylation sites is 1. The Balaban J connectivity index is 1.70. The summed E-state index contributed by atoms with van der Waals surface area (Å²) >= 11 is 0. The Morgan fingerprint density at radius 1 is 1.29 bits per heavy atom. The first-order chi connectivity index (χ1) is 10.2. The smallest absolute Gasteiger partial charge is 0.107 e. The minimum Gasteiger partial charge on any atom is -0.371 e. The summed E-state index contributed by atoms with van der Waals surface area (Å²) in [5.74, 6) is 0.359. The summed E-state index contributed by atoms with van der Waals surface area (Å²) in [4.78, 5) is 2.51. The van der Waals surface area contributed by atoms with E-state index in [1.807, 2.05) is 0 Å². The zero-order chi connectivity index (χ0) is 14.7. The van der Waals surface area contributed by atoms with Crippen LogP contribution >= 0.6 is 0 Å². The average molecular weight is 283 g/mol. The molecule has 0 amide bonds. The van der Waals surface area contributed by atoms with Crippen LogP contribution in [-0.2, 0) is 6.42 Å². The molecule has 0 spiro atoms. The van der Waals surface area contributed by atoms with E-state index in [1.165, 1.54) is 30.5 Å². The first-order valence-electron chi connectivity index (χ1n) is 8.26. The predicted molar refractivity (Wildman–Crippen MR) is 86.1 cm³/mol. The molecule has 1 aromatic rings. The Kier molecular flexibility index (Phi) is 4.17. The maximum absolute atomic E-state index is 9.35. The van der Waals surface area contributed by atoms with Gasteiger partial charge in [-0.2, -0.15) is 5.26 Å². The minimum absolute atomic E-state index is 0.359. The van der Waals surface area contributed by atoms with Crippen molar-refractivity contribution in [1.29, 1.82) is 5.26 Å². The van der Waals surface area contributed by atoms with E-state index >= 15 is 0 Å². The maximum atomic E-state index is 9.35. The summed E-state index contributed by atoms with van der Waals surface area (Å²) in [7, 11) is 0. The molecule has 0 saturated heterocycles. The highest BCUT2D eigenvalue weighted by atomic mass is 15.1. The van der Waals surface area contributed by atoms with Gasteiger partial charge in [-0.1, -0.05) is 24.6 Å². The van der Waals surface area contributed by atoms with E-state index < -0.39 is 5.54 Å². The van der Waals surface area contributed by atoms with Gasteiger partial charge in [-0.05, 0) is 56.1 Å². The van der Waals surface area contributed by atoms with Gasteiger partial charge < -0.3 is 10.6 Å². The molecule has 3 nitrogen and oxygen atoms in total. The van der Waals surface area contributed by atoms with Crippen LogP contribution in [-0.4, -0.2) is 18.6 Å². The third-order valence-corrected chi connectivity index (χ3v) is 5.28. The molecule has 21 heavy (non-hydrogen) atoms. The van der Waals surface area contributed by atoms with Crippen molar-refractivity contribution in [2.24, 2.45) is 11.7 Å². The van der Waals surface area contributed by atoms with Crippen LogP contribution in [0.2, 0.25) is 0 Å². The Morgan fingerprint density at radius 3 is 3.00 bits per heavy atom. The van der Waals surface area contributed by atoms with E-state index in [1.54, 1.807) is 0 Å². The van der Waals surface area contributed by atoms with E-state index in [0.717, 1.165) is 38.8 Å². The summed E-state index contributed by atoms with van der Waals surface area (Å²) in [6.07, 6.45) is 7.84. The molecular formula is C18H25N3. The quantitative estimate of drug-likeness (QED) is 0.926. The highest BCUT2D eigenvalue weighted by Gasteiger charge is 2.39. The lowest BCUT2D eigenvalue weighted by molar-refractivity contribution is 0.374. The van der Waals surface area contributed by atoms with Gasteiger partial charge in [0.15, 0.2) is 0 Å². The molecule has 2 unspecified atom stereocenters. The first kappa shape index (κ1) is 14.4. The number of benzene rings is 1. The van der Waals surface area contributed by atoms with Crippen molar-refractivity contribution in [2.45, 2.75) is 50.5 Å². The van der Waals surface area contributed by atoms with Crippen LogP contribution in [0.3, 0.4) is 0 Å². The number of nitrogens with zero attached hydrogens (tertiary/aromatic N) is 2. The number of nitrogens with two attached hydrogens (primary N) is 1. The number of anilines is 1. The Hall–Kier alpha value is -1.53. The van der Waals surface area contributed by atoms with E-state index in [0.29, 0.717) is 5.92 Å². The minimum atomic E-state index is -0.578. The number of fused-ring (bicyclic) bond motifs is 1. The summed E-state index contributed by atoms with van der Waals surface area (Å²) in [5, 5.41) is 9.35. The van der Waals surface area contributed by atoms with Gasteiger partial charge in [0, 0.05) is 18.8 Å². The Labute approximate surface area is 127 Å². The Morgan fingerprint density at radius 2 is 2.14 bits per heavy atom. The number of nitriles is 1. The van der Waals surface area contributed by atoms with E-state index in [2.05, 4.69) is 35.2 Å². The van der Waals surface area contributed by atoms with Gasteiger partial charge in [-0.25, -0.2) is 0 Å². The largest absolute Gasteiger partial charge is 0.371 e. The van der Waals surface area contributed by atoms with Gasteiger partial charge in [0.05, 0.1) is 6.07 Å². The molecule has 1 aliphatic heterocycles. The van der Waals surface area contributed by atoms with Gasteiger partial charge in [0.2, 0.25) is 0 Å². The molecule has 2 aliphatic rings. The fourth-order valence-electron chi connectivity index (χ4n) is 3.96. The van der Waals surface area contributed by atoms with Crippen molar-refractivity contribution in [3.8, 4) is 6.07 Å². The van der Waals surface area contributed by atoms with Crippen LogP contribution in [0.5, 0.6) is 0 Å². The van der Waals surface area contributed by atoms with E-state index in [4.69, 9.17) is 5.73 Å². The standard InChI is InChI=1S/C18H25N3/c19-14-18(20)11-5-8-16(18)10-13-21-12-4-3-7-15-6-1-2-9-17(15)21/h1-2,6,9,16H,3-5,7-8,10-13,20H2. The summed E-state index contributed by atoms with van der Waals surface area (Å²) in [6.45, 7) is 2.16. The van der Waals surface area contributed by atoms with E-state index in [-0.39, 0.29) is 0 Å². The third-order valence-electron chi connectivity index (χ3n) is 5.28. The van der Waals surface area contributed by atoms with Crippen LogP contribution in [0.25, 0.3) is 0 Å². The number of hydrogen-bond donors (Lipinski definition) is 1. The molecule has 2 atom stereocenters. The number of rotatable bonds is 3. The van der Waals surface area contributed by atoms with Gasteiger partial charge in [-0.15, -0.1) is 0 Å². The van der Waals surface area contributed by atoms with Crippen LogP contribution < -0.4 is 10.6 Å². The SMILES string of the molecule is N#CC1(N)CCCC1CCN1CCCCc2ccccc21. The molecule has 0 aromatic heterocycles. The third kappa shape index (κ3) is 2.91. The van der Waals surface area contributed by atoms with Crippen molar-refractivity contribution < 1.29 is 0 Å². The maximum Gasteiger partial charge on any atom is 0.107 e. The fraction of sp³-hybridized carbons (Fsp3) is 0.611. The zero-order valence-corrected chi connectivity index (χ0v) is 12.7. The molecule has 1 aromatic carbocycles. The second-order valence-electron chi connectivity index (χ2n) is 6.60. The van der Waals surface area contributed by atoms with Gasteiger partial charge in [0.1, 0.15) is 5.54 Å². The highest BCUT2D eigenvalue weighted by molar-refractivity contribution is 5.54. The fourth-order valence-corrected chi connectivity index (χ4v) is 3.96. The second-order valence-corrected chi connectivity index (χ2v) is 6.60. The van der Waals surface area contributed by atoms with Crippen molar-refractivity contribution in [3.05, 3.63) is 29.8 Å². The molecule has 0 radical (unpaired) electrons. The van der Waals surface area contributed by atoms with Crippen LogP contribution in [0.15, 0.2) is 24.3 Å². The molecule has 3 heteroatoms. The second kappa shape index (κ2) is 6.07. The lowest BCUT2D eigenvalue weighted by Crippen LogP contribution is -2.43. The molecule has 2 N–H and O–H groups in total. The molecule has 0 bridgehead atoms. The number of hydrogen-bond acceptors (Lipinski definition) is 3. The van der Waals surface area contributed by atoms with Crippen LogP contribution in [0.1, 0.15) is 44.1 Å². The number of aryl methyl sites for hydroxylation is 1. The zero-order valence-electron chi connectivity index (χ0n) is 12.7. The van der Waals surface area contributed by atoms with E-state index in [9.17, 15) is 5.26 Å². The summed E-state index contributed by atoms with van der Waals surface area (Å²) in [5.41, 5.74) is 8.55. The van der Waals surface area contributed by atoms with Crippen molar-refractivity contribution in [3.63, 3.8) is 0 Å². The lowest BCUT2D eigenvalue weighted by atomic mass is 9.87. The normalized spacial score (nSPS) is 28.8. The van der Waals surface area contributed by atoms with Crippen molar-refractivity contribution in [2.75, 3.05) is 18.0 Å². The molecule has 1 fully saturated rings. The summed E-state index contributed by atoms with van der Waals surface area (Å²) in [6, 6.07) is 11.1. The van der Waals surface area contributed by atoms with Crippen LogP contribution in [0.4, 0.5) is 5.69 Å². The Bertz CT molecular complexity index is 534. The van der Waals surface area contributed by atoms with Crippen LogP contribution in [0, 0.1) is 17.2 Å². The predicted octanol–water partition coefficient (Wildman–Crippen LogP) is 3.24. The lowest BCUT2D eigenvalue weighted by Gasteiger charge is -2.29. The molecule has 1 aliphatic carbocycles. The molecule has 112 valence electrons. The topological polar surface area (TPSA) is 53.1 Å². The average Bonchev–Trinajstić information content (AvgIpc) is 2.76. The van der Waals surface area contributed by atoms with Gasteiger partial charge in [0.25, 0.3) is 0 Å². The first-order valence-corrected chi connectivity index (χ1v) is 8.26. The summed E-state index contributed by atoms with van der Waals surface area (Å²) < 4.78 is 0. The monoisotopic (exact) mass is 283 g/mol. The van der Waals surface area contributed by atoms with Gasteiger partial charge >= 0.3 is 0 Å². The molecule has 1 saturated carbocycles. The van der Waals surface area contributed by atoms with Gasteiger partial charge in [-0.3, -0.25) is 0 Å².